The molecule has 0 aliphatic heterocycles. The van der Waals surface area contributed by atoms with Crippen molar-refractivity contribution < 1.29 is 17.2 Å². The number of alkyl halides is 2. The lowest BCUT2D eigenvalue weighted by Crippen LogP contribution is -2.18. The van der Waals surface area contributed by atoms with Crippen LogP contribution < -0.4 is 10.0 Å². The molecule has 0 radical (unpaired) electrons. The van der Waals surface area contributed by atoms with E-state index < -0.39 is 15.9 Å². The van der Waals surface area contributed by atoms with Gasteiger partial charge in [0.15, 0.2) is 0 Å². The van der Waals surface area contributed by atoms with Gasteiger partial charge in [0.25, 0.3) is 5.92 Å². The van der Waals surface area contributed by atoms with Gasteiger partial charge in [0.05, 0.1) is 16.9 Å². The number of nitrogens with one attached hydrogen (secondary N) is 2. The van der Waals surface area contributed by atoms with Crippen LogP contribution in [0.4, 0.5) is 20.2 Å². The summed E-state index contributed by atoms with van der Waals surface area (Å²) in [4.78, 5) is 4.47. The van der Waals surface area contributed by atoms with Gasteiger partial charge in [-0.15, -0.1) is 0 Å². The van der Waals surface area contributed by atoms with Crippen LogP contribution in [0.15, 0.2) is 59.9 Å². The van der Waals surface area contributed by atoms with Gasteiger partial charge in [0.2, 0.25) is 10.0 Å². The Hall–Kier alpha value is -2.78. The summed E-state index contributed by atoms with van der Waals surface area (Å²) in [6.07, 6.45) is 3.48. The second-order valence-electron chi connectivity index (χ2n) is 6.60. The number of rotatable bonds is 7. The van der Waals surface area contributed by atoms with E-state index >= 15 is 0 Å². The number of sulfonamides is 1. The van der Waals surface area contributed by atoms with E-state index in [0.717, 1.165) is 13.5 Å². The number of hydrogen-bond donors (Lipinski definition) is 2. The van der Waals surface area contributed by atoms with Crippen LogP contribution >= 0.6 is 0 Å². The highest BCUT2D eigenvalue weighted by molar-refractivity contribution is 7.89. The van der Waals surface area contributed by atoms with Gasteiger partial charge >= 0.3 is 0 Å². The fourth-order valence-corrected chi connectivity index (χ4v) is 3.56. The summed E-state index contributed by atoms with van der Waals surface area (Å²) < 4.78 is 55.5. The molecule has 0 saturated heterocycles. The quantitative estimate of drug-likeness (QED) is 0.596. The molecule has 0 spiro atoms. The molecule has 2 N–H and O–H groups in total. The van der Waals surface area contributed by atoms with E-state index in [1.54, 1.807) is 24.5 Å². The summed E-state index contributed by atoms with van der Waals surface area (Å²) >= 11 is 0. The molecular weight excluding hydrogens is 398 g/mol. The van der Waals surface area contributed by atoms with Gasteiger partial charge in [-0.25, -0.2) is 26.9 Å². The molecule has 9 heteroatoms. The van der Waals surface area contributed by atoms with Crippen LogP contribution in [0.5, 0.6) is 0 Å². The summed E-state index contributed by atoms with van der Waals surface area (Å²) in [5.74, 6) is -2.92. The summed E-state index contributed by atoms with van der Waals surface area (Å²) in [5, 5.41) is 3.16. The van der Waals surface area contributed by atoms with Crippen LogP contribution in [-0.4, -0.2) is 25.0 Å². The predicted octanol–water partition coefficient (Wildman–Crippen LogP) is 4.33. The lowest BCUT2D eigenvalue weighted by Gasteiger charge is -2.15. The minimum atomic E-state index is -3.63. The Balaban J connectivity index is 2.03. The highest BCUT2D eigenvalue weighted by atomic mass is 32.2. The third kappa shape index (κ3) is 4.63. The van der Waals surface area contributed by atoms with Crippen LogP contribution in [0.2, 0.25) is 0 Å². The third-order valence-corrected chi connectivity index (χ3v) is 5.93. The zero-order valence-corrected chi connectivity index (χ0v) is 17.1. The van der Waals surface area contributed by atoms with Crippen LogP contribution in [-0.2, 0) is 22.5 Å². The summed E-state index contributed by atoms with van der Waals surface area (Å²) in [5.41, 5.74) is 2.30. The molecule has 0 bridgehead atoms. The molecule has 0 saturated carbocycles. The molecular formula is C20H22F2N4O2S. The zero-order chi connectivity index (χ0) is 21.2. The number of hydrogen-bond acceptors (Lipinski definition) is 4. The van der Waals surface area contributed by atoms with Crippen molar-refractivity contribution in [2.75, 3.05) is 12.4 Å². The number of benzene rings is 2. The molecule has 1 heterocycles. The van der Waals surface area contributed by atoms with Crippen LogP contribution in [0.1, 0.15) is 19.4 Å². The van der Waals surface area contributed by atoms with Crippen molar-refractivity contribution in [3.05, 3.63) is 60.6 Å². The van der Waals surface area contributed by atoms with E-state index in [2.05, 4.69) is 15.0 Å². The Morgan fingerprint density at radius 3 is 2.38 bits per heavy atom. The minimum Gasteiger partial charge on any atom is -0.355 e. The average molecular weight is 420 g/mol. The molecule has 154 valence electrons. The second-order valence-corrected chi connectivity index (χ2v) is 8.48. The first-order valence-electron chi connectivity index (χ1n) is 8.99. The van der Waals surface area contributed by atoms with Crippen LogP contribution in [0.25, 0.3) is 11.3 Å². The molecule has 6 nitrogen and oxygen atoms in total. The summed E-state index contributed by atoms with van der Waals surface area (Å²) in [6, 6.07) is 10.5. The van der Waals surface area contributed by atoms with E-state index in [1.807, 2.05) is 17.7 Å². The Labute approximate surface area is 168 Å². The molecule has 3 aromatic rings. The topological polar surface area (TPSA) is 76.0 Å². The maximum absolute atomic E-state index is 13.4. The van der Waals surface area contributed by atoms with Crippen LogP contribution in [0.3, 0.4) is 0 Å². The number of halogens is 2. The fraction of sp³-hybridized carbons (Fsp3) is 0.250. The standard InChI is InChI=1S/C20H22F2N4O2S/c1-4-26-12-19(24-13-26)17-11-16(29(27,28)23-3)9-10-18(17)25-15-7-5-14(6-8-15)20(2,21)22/h5-13,23,25H,4H2,1-3H3. The molecule has 0 atom stereocenters. The van der Waals surface area contributed by atoms with Crippen molar-refractivity contribution >= 4 is 21.4 Å². The minimum absolute atomic E-state index is 0.0829. The van der Waals surface area contributed by atoms with Crippen molar-refractivity contribution in [3.8, 4) is 11.3 Å². The summed E-state index contributed by atoms with van der Waals surface area (Å²) in [6.45, 7) is 3.53. The molecule has 0 unspecified atom stereocenters. The SMILES string of the molecule is CCn1cnc(-c2cc(S(=O)(=O)NC)ccc2Nc2ccc(C(C)(F)F)cc2)c1. The summed E-state index contributed by atoms with van der Waals surface area (Å²) in [7, 11) is -2.29. The maximum Gasteiger partial charge on any atom is 0.270 e. The van der Waals surface area contributed by atoms with E-state index in [9.17, 15) is 17.2 Å². The Bertz CT molecular complexity index is 1100. The Kier molecular flexibility index (Phi) is 5.72. The number of imidazole rings is 1. The number of aryl methyl sites for hydroxylation is 1. The second kappa shape index (κ2) is 7.92. The molecule has 0 aliphatic carbocycles. The monoisotopic (exact) mass is 420 g/mol. The normalized spacial score (nSPS) is 12.2. The highest BCUT2D eigenvalue weighted by Crippen LogP contribution is 2.33. The van der Waals surface area contributed by atoms with Gasteiger partial charge in [0.1, 0.15) is 0 Å². The van der Waals surface area contributed by atoms with Gasteiger partial charge in [0, 0.05) is 42.2 Å². The zero-order valence-electron chi connectivity index (χ0n) is 16.3. The van der Waals surface area contributed by atoms with Crippen molar-refractivity contribution in [2.24, 2.45) is 0 Å². The van der Waals surface area contributed by atoms with E-state index in [-0.39, 0.29) is 10.5 Å². The molecule has 2 aromatic carbocycles. The fourth-order valence-electron chi connectivity index (χ4n) is 2.80. The maximum atomic E-state index is 13.4. The number of nitrogens with zero attached hydrogens (tertiary/aromatic N) is 2. The molecule has 0 amide bonds. The molecule has 1 aromatic heterocycles. The molecule has 0 fully saturated rings. The smallest absolute Gasteiger partial charge is 0.270 e. The average Bonchev–Trinajstić information content (AvgIpc) is 3.17. The Morgan fingerprint density at radius 2 is 1.83 bits per heavy atom. The number of anilines is 2. The van der Waals surface area contributed by atoms with Gasteiger partial charge in [-0.1, -0.05) is 12.1 Å². The highest BCUT2D eigenvalue weighted by Gasteiger charge is 2.23. The van der Waals surface area contributed by atoms with Crippen molar-refractivity contribution in [1.82, 2.24) is 14.3 Å². The van der Waals surface area contributed by atoms with E-state index in [1.165, 1.54) is 31.3 Å². The van der Waals surface area contributed by atoms with E-state index in [4.69, 9.17) is 0 Å². The first kappa shape index (κ1) is 20.9. The number of aromatic nitrogens is 2. The third-order valence-electron chi connectivity index (χ3n) is 4.52. The van der Waals surface area contributed by atoms with Gasteiger partial charge in [-0.05, 0) is 44.3 Å². The molecule has 3 rings (SSSR count). The largest absolute Gasteiger partial charge is 0.355 e. The first-order chi connectivity index (χ1) is 13.6. The van der Waals surface area contributed by atoms with Gasteiger partial charge < -0.3 is 9.88 Å². The Morgan fingerprint density at radius 1 is 1.14 bits per heavy atom. The molecule has 0 aliphatic rings. The lowest BCUT2D eigenvalue weighted by molar-refractivity contribution is 0.0175. The van der Waals surface area contributed by atoms with Crippen molar-refractivity contribution in [1.29, 1.82) is 0 Å². The van der Waals surface area contributed by atoms with Gasteiger partial charge in [-0.2, -0.15) is 0 Å². The first-order valence-corrected chi connectivity index (χ1v) is 10.5. The van der Waals surface area contributed by atoms with E-state index in [0.29, 0.717) is 22.6 Å². The van der Waals surface area contributed by atoms with Crippen molar-refractivity contribution in [3.63, 3.8) is 0 Å². The van der Waals surface area contributed by atoms with Crippen LogP contribution in [0, 0.1) is 0 Å². The molecule has 29 heavy (non-hydrogen) atoms. The lowest BCUT2D eigenvalue weighted by atomic mass is 10.1. The van der Waals surface area contributed by atoms with Crippen molar-refractivity contribution in [2.45, 2.75) is 31.2 Å². The van der Waals surface area contributed by atoms with Gasteiger partial charge in [-0.3, -0.25) is 0 Å². The predicted molar refractivity (Wildman–Crippen MR) is 109 cm³/mol.